The first-order chi connectivity index (χ1) is 6.77. The number of hydrogen-bond donors (Lipinski definition) is 0. The van der Waals surface area contributed by atoms with Crippen LogP contribution in [0.3, 0.4) is 0 Å². The summed E-state index contributed by atoms with van der Waals surface area (Å²) in [5.41, 5.74) is 2.55. The largest absolute Gasteiger partial charge is 0.496 e. The highest BCUT2D eigenvalue weighted by Gasteiger charge is 2.21. The Morgan fingerprint density at radius 1 is 1.57 bits per heavy atom. The molecule has 0 aliphatic carbocycles. The van der Waals surface area contributed by atoms with Crippen molar-refractivity contribution in [2.24, 2.45) is 0 Å². The second kappa shape index (κ2) is 3.33. The molecule has 0 aromatic heterocycles. The number of ether oxygens (including phenoxy) is 2. The molecule has 2 rings (SSSR count). The van der Waals surface area contributed by atoms with Crippen molar-refractivity contribution in [3.63, 3.8) is 0 Å². The van der Waals surface area contributed by atoms with E-state index in [1.54, 1.807) is 7.11 Å². The summed E-state index contributed by atoms with van der Waals surface area (Å²) in [4.78, 5) is 11.0. The quantitative estimate of drug-likeness (QED) is 0.670. The Kier molecular flexibility index (Phi) is 2.15. The molecular formula is C11H12O3. The van der Waals surface area contributed by atoms with Crippen LogP contribution in [0, 0.1) is 6.92 Å². The molecule has 0 N–H and O–H groups in total. The number of fused-ring (bicyclic) bond motifs is 1. The van der Waals surface area contributed by atoms with Gasteiger partial charge in [0.15, 0.2) is 6.29 Å². The fraction of sp³-hybridized carbons (Fsp3) is 0.364. The second-order valence-electron chi connectivity index (χ2n) is 3.33. The number of carbonyl (C=O) groups excluding carboxylic acids is 1. The molecule has 0 saturated heterocycles. The third-order valence-electron chi connectivity index (χ3n) is 2.50. The zero-order chi connectivity index (χ0) is 10.1. The Morgan fingerprint density at radius 3 is 3.00 bits per heavy atom. The summed E-state index contributed by atoms with van der Waals surface area (Å²) in [7, 11) is 1.58. The van der Waals surface area contributed by atoms with Crippen LogP contribution < -0.4 is 9.47 Å². The smallest absolute Gasteiger partial charge is 0.154 e. The van der Waals surface area contributed by atoms with Crippen LogP contribution in [0.15, 0.2) is 6.07 Å². The molecule has 3 heteroatoms. The van der Waals surface area contributed by atoms with Gasteiger partial charge < -0.3 is 9.47 Å². The highest BCUT2D eigenvalue weighted by atomic mass is 16.5. The number of hydrogen-bond acceptors (Lipinski definition) is 3. The number of carbonyl (C=O) groups is 1. The van der Waals surface area contributed by atoms with Gasteiger partial charge in [-0.25, -0.2) is 0 Å². The maximum atomic E-state index is 11.0. The predicted molar refractivity (Wildman–Crippen MR) is 52.3 cm³/mol. The second-order valence-corrected chi connectivity index (χ2v) is 3.33. The van der Waals surface area contributed by atoms with Crippen molar-refractivity contribution in [3.8, 4) is 11.5 Å². The first kappa shape index (κ1) is 9.06. The van der Waals surface area contributed by atoms with E-state index in [0.29, 0.717) is 17.9 Å². The van der Waals surface area contributed by atoms with E-state index in [4.69, 9.17) is 9.47 Å². The molecule has 0 atom stereocenters. The van der Waals surface area contributed by atoms with E-state index in [1.807, 2.05) is 13.0 Å². The average Bonchev–Trinajstić information content (AvgIpc) is 2.62. The molecule has 1 aromatic rings. The summed E-state index contributed by atoms with van der Waals surface area (Å²) in [6, 6.07) is 1.92. The van der Waals surface area contributed by atoms with Crippen molar-refractivity contribution < 1.29 is 14.3 Å². The van der Waals surface area contributed by atoms with Crippen LogP contribution in [0.2, 0.25) is 0 Å². The average molecular weight is 192 g/mol. The summed E-state index contributed by atoms with van der Waals surface area (Å²) in [6.07, 6.45) is 1.64. The van der Waals surface area contributed by atoms with Crippen molar-refractivity contribution >= 4 is 6.29 Å². The Balaban J connectivity index is 2.68. The third-order valence-corrected chi connectivity index (χ3v) is 2.50. The monoisotopic (exact) mass is 192 g/mol. The number of rotatable bonds is 2. The van der Waals surface area contributed by atoms with Crippen LogP contribution in [0.1, 0.15) is 21.5 Å². The lowest BCUT2D eigenvalue weighted by atomic mass is 10.0. The van der Waals surface area contributed by atoms with E-state index in [-0.39, 0.29) is 0 Å². The number of aryl methyl sites for hydroxylation is 1. The lowest BCUT2D eigenvalue weighted by molar-refractivity contribution is 0.111. The van der Waals surface area contributed by atoms with Crippen molar-refractivity contribution in [1.29, 1.82) is 0 Å². The van der Waals surface area contributed by atoms with Crippen molar-refractivity contribution in [2.45, 2.75) is 13.3 Å². The van der Waals surface area contributed by atoms with Gasteiger partial charge in [-0.05, 0) is 18.6 Å². The van der Waals surface area contributed by atoms with Crippen LogP contribution in [0.4, 0.5) is 0 Å². The number of methoxy groups -OCH3 is 1. The lowest BCUT2D eigenvalue weighted by Gasteiger charge is -2.10. The minimum atomic E-state index is 0.639. The molecule has 0 spiro atoms. The molecule has 0 radical (unpaired) electrons. The van der Waals surface area contributed by atoms with Crippen LogP contribution in [0.5, 0.6) is 11.5 Å². The molecular weight excluding hydrogens is 180 g/mol. The molecule has 0 bridgehead atoms. The Hall–Kier alpha value is -1.51. The fourth-order valence-electron chi connectivity index (χ4n) is 1.88. The molecule has 0 amide bonds. The van der Waals surface area contributed by atoms with Gasteiger partial charge in [0.2, 0.25) is 0 Å². The van der Waals surface area contributed by atoms with E-state index in [2.05, 4.69) is 0 Å². The topological polar surface area (TPSA) is 35.5 Å². The van der Waals surface area contributed by atoms with Gasteiger partial charge >= 0.3 is 0 Å². The molecule has 1 aromatic carbocycles. The highest BCUT2D eigenvalue weighted by Crippen LogP contribution is 2.36. The Bertz CT molecular complexity index is 379. The van der Waals surface area contributed by atoms with Gasteiger partial charge in [0.05, 0.1) is 19.3 Å². The van der Waals surface area contributed by atoms with Crippen LogP contribution in [0.25, 0.3) is 0 Å². The molecule has 0 unspecified atom stereocenters. The summed E-state index contributed by atoms with van der Waals surface area (Å²) in [5, 5.41) is 0. The number of aldehydes is 1. The standard InChI is InChI=1S/C11H12O3/c1-7-5-10-8(3-4-14-10)9(6-12)11(7)13-2/h5-6H,3-4H2,1-2H3. The Morgan fingerprint density at radius 2 is 2.36 bits per heavy atom. The first-order valence-electron chi connectivity index (χ1n) is 4.56. The summed E-state index contributed by atoms with van der Waals surface area (Å²) < 4.78 is 10.6. The van der Waals surface area contributed by atoms with E-state index < -0.39 is 0 Å². The normalized spacial score (nSPS) is 13.3. The predicted octanol–water partition coefficient (Wildman–Crippen LogP) is 1.75. The Labute approximate surface area is 82.6 Å². The van der Waals surface area contributed by atoms with Crippen LogP contribution in [-0.2, 0) is 6.42 Å². The highest BCUT2D eigenvalue weighted by molar-refractivity contribution is 5.84. The fourth-order valence-corrected chi connectivity index (χ4v) is 1.88. The minimum absolute atomic E-state index is 0.639. The van der Waals surface area contributed by atoms with Crippen LogP contribution in [-0.4, -0.2) is 20.0 Å². The van der Waals surface area contributed by atoms with Gasteiger partial charge in [0.25, 0.3) is 0 Å². The summed E-state index contributed by atoms with van der Waals surface area (Å²) in [5.74, 6) is 1.50. The van der Waals surface area contributed by atoms with E-state index in [1.165, 1.54) is 0 Å². The molecule has 1 aliphatic rings. The zero-order valence-electron chi connectivity index (χ0n) is 8.29. The first-order valence-corrected chi connectivity index (χ1v) is 4.56. The van der Waals surface area contributed by atoms with Crippen molar-refractivity contribution in [1.82, 2.24) is 0 Å². The molecule has 14 heavy (non-hydrogen) atoms. The van der Waals surface area contributed by atoms with E-state index in [0.717, 1.165) is 29.6 Å². The zero-order valence-corrected chi connectivity index (χ0v) is 8.29. The van der Waals surface area contributed by atoms with Gasteiger partial charge in [0, 0.05) is 12.0 Å². The lowest BCUT2D eigenvalue weighted by Crippen LogP contribution is -1.97. The molecule has 1 heterocycles. The van der Waals surface area contributed by atoms with Gasteiger partial charge in [-0.3, -0.25) is 4.79 Å². The van der Waals surface area contributed by atoms with Gasteiger partial charge in [0.1, 0.15) is 11.5 Å². The number of benzene rings is 1. The van der Waals surface area contributed by atoms with Crippen molar-refractivity contribution in [2.75, 3.05) is 13.7 Å². The molecule has 74 valence electrons. The van der Waals surface area contributed by atoms with Gasteiger partial charge in [-0.2, -0.15) is 0 Å². The maximum Gasteiger partial charge on any atom is 0.154 e. The summed E-state index contributed by atoms with van der Waals surface area (Å²) in [6.45, 7) is 2.57. The molecule has 3 nitrogen and oxygen atoms in total. The third kappa shape index (κ3) is 1.16. The van der Waals surface area contributed by atoms with E-state index >= 15 is 0 Å². The van der Waals surface area contributed by atoms with Crippen LogP contribution >= 0.6 is 0 Å². The van der Waals surface area contributed by atoms with Gasteiger partial charge in [-0.15, -0.1) is 0 Å². The minimum Gasteiger partial charge on any atom is -0.496 e. The summed E-state index contributed by atoms with van der Waals surface area (Å²) >= 11 is 0. The molecule has 0 fully saturated rings. The maximum absolute atomic E-state index is 11.0. The van der Waals surface area contributed by atoms with Crippen molar-refractivity contribution in [3.05, 3.63) is 22.8 Å². The van der Waals surface area contributed by atoms with E-state index in [9.17, 15) is 4.79 Å². The molecule has 1 aliphatic heterocycles. The molecule has 0 saturated carbocycles. The van der Waals surface area contributed by atoms with Gasteiger partial charge in [-0.1, -0.05) is 0 Å². The SMILES string of the molecule is COc1c(C)cc2c(c1C=O)CCO2.